The number of halogens is 2. The minimum absolute atomic E-state index is 0.266. The van der Waals surface area contributed by atoms with E-state index in [0.29, 0.717) is 0 Å². The predicted octanol–water partition coefficient (Wildman–Crippen LogP) is 3.09. The van der Waals surface area contributed by atoms with Crippen molar-refractivity contribution in [3.05, 3.63) is 31.1 Å². The summed E-state index contributed by atoms with van der Waals surface area (Å²) in [6.45, 7) is 1.66. The Labute approximate surface area is 145 Å². The van der Waals surface area contributed by atoms with Crippen LogP contribution >= 0.6 is 43.2 Å². The van der Waals surface area contributed by atoms with Crippen molar-refractivity contribution in [1.29, 1.82) is 0 Å². The average molecular weight is 438 g/mol. The molecule has 2 N–H and O–H groups in total. The summed E-state index contributed by atoms with van der Waals surface area (Å²) < 4.78 is 9.38. The van der Waals surface area contributed by atoms with Gasteiger partial charge in [-0.3, -0.25) is 4.68 Å². The van der Waals surface area contributed by atoms with Crippen molar-refractivity contribution in [1.82, 2.24) is 14.7 Å². The largest absolute Gasteiger partial charge is 0.493 e. The van der Waals surface area contributed by atoms with E-state index in [4.69, 9.17) is 10.5 Å². The highest BCUT2D eigenvalue weighted by Gasteiger charge is 2.22. The molecule has 0 spiro atoms. The zero-order valence-corrected chi connectivity index (χ0v) is 16.1. The molecule has 0 saturated heterocycles. The fourth-order valence-corrected chi connectivity index (χ4v) is 4.07. The highest BCUT2D eigenvalue weighted by molar-refractivity contribution is 9.13. The zero-order valence-electron chi connectivity index (χ0n) is 12.1. The van der Waals surface area contributed by atoms with Crippen molar-refractivity contribution in [3.63, 3.8) is 0 Å². The van der Waals surface area contributed by atoms with Crippen LogP contribution in [-0.4, -0.2) is 42.4 Å². The molecule has 0 aliphatic rings. The first-order valence-electron chi connectivity index (χ1n) is 6.38. The summed E-state index contributed by atoms with van der Waals surface area (Å²) in [5, 5.41) is 4.40. The van der Waals surface area contributed by atoms with Gasteiger partial charge < -0.3 is 15.4 Å². The van der Waals surface area contributed by atoms with E-state index < -0.39 is 0 Å². The van der Waals surface area contributed by atoms with Gasteiger partial charge in [-0.1, -0.05) is 0 Å². The van der Waals surface area contributed by atoms with E-state index in [-0.39, 0.29) is 6.04 Å². The summed E-state index contributed by atoms with van der Waals surface area (Å²) in [5.41, 5.74) is 7.34. The lowest BCUT2D eigenvalue weighted by atomic mass is 10.1. The van der Waals surface area contributed by atoms with Gasteiger partial charge in [0.15, 0.2) is 5.75 Å². The molecule has 8 heteroatoms. The van der Waals surface area contributed by atoms with Crippen LogP contribution in [-0.2, 0) is 6.54 Å². The molecular weight excluding hydrogens is 420 g/mol. The Morgan fingerprint density at radius 3 is 2.71 bits per heavy atom. The summed E-state index contributed by atoms with van der Waals surface area (Å²) in [4.78, 5) is 3.17. The van der Waals surface area contributed by atoms with E-state index in [1.165, 1.54) is 0 Å². The van der Waals surface area contributed by atoms with Crippen LogP contribution in [0.15, 0.2) is 20.5 Å². The minimum Gasteiger partial charge on any atom is -0.493 e. The van der Waals surface area contributed by atoms with E-state index in [0.717, 1.165) is 37.7 Å². The van der Waals surface area contributed by atoms with Crippen molar-refractivity contribution < 1.29 is 4.74 Å². The number of nitrogens with zero attached hydrogens (tertiary/aromatic N) is 3. The van der Waals surface area contributed by atoms with Gasteiger partial charge in [0.25, 0.3) is 0 Å². The summed E-state index contributed by atoms with van der Waals surface area (Å²) >= 11 is 8.62. The summed E-state index contributed by atoms with van der Waals surface area (Å²) in [6, 6.07) is 1.76. The molecule has 0 bridgehead atoms. The van der Waals surface area contributed by atoms with Crippen molar-refractivity contribution in [2.45, 2.75) is 12.6 Å². The first-order chi connectivity index (χ1) is 9.93. The zero-order chi connectivity index (χ0) is 15.6. The molecule has 2 heterocycles. The lowest BCUT2D eigenvalue weighted by molar-refractivity contribution is 0.363. The lowest BCUT2D eigenvalue weighted by Crippen LogP contribution is -2.23. The molecule has 0 amide bonds. The number of nitrogens with two attached hydrogens (primary N) is 1. The minimum atomic E-state index is -0.266. The van der Waals surface area contributed by atoms with Crippen LogP contribution in [0.25, 0.3) is 0 Å². The van der Waals surface area contributed by atoms with Gasteiger partial charge in [0.05, 0.1) is 29.7 Å². The number of rotatable bonds is 6. The summed E-state index contributed by atoms with van der Waals surface area (Å²) in [5.74, 6) is 0.724. The fraction of sp³-hybridized carbons (Fsp3) is 0.462. The van der Waals surface area contributed by atoms with Crippen LogP contribution in [0.1, 0.15) is 16.6 Å². The van der Waals surface area contributed by atoms with Gasteiger partial charge in [0, 0.05) is 15.9 Å². The number of ether oxygens (including phenoxy) is 1. The maximum atomic E-state index is 6.44. The molecule has 2 rings (SSSR count). The summed E-state index contributed by atoms with van der Waals surface area (Å²) in [6.07, 6.45) is 1.72. The van der Waals surface area contributed by atoms with Gasteiger partial charge in [-0.25, -0.2) is 0 Å². The van der Waals surface area contributed by atoms with Gasteiger partial charge in [-0.15, -0.1) is 11.3 Å². The number of hydrogen-bond acceptors (Lipinski definition) is 5. The second kappa shape index (κ2) is 7.23. The molecule has 2 aromatic rings. The average Bonchev–Trinajstić information content (AvgIpc) is 2.99. The third kappa shape index (κ3) is 3.87. The molecule has 0 aliphatic carbocycles. The third-order valence-corrected chi connectivity index (χ3v) is 6.43. The Balaban J connectivity index is 2.33. The molecule has 0 saturated carbocycles. The van der Waals surface area contributed by atoms with Gasteiger partial charge in [-0.05, 0) is 52.0 Å². The number of thiophene rings is 1. The van der Waals surface area contributed by atoms with Gasteiger partial charge in [0.2, 0.25) is 0 Å². The van der Waals surface area contributed by atoms with Crippen LogP contribution < -0.4 is 10.5 Å². The number of methoxy groups -OCH3 is 1. The Bertz CT molecular complexity index is 592. The molecule has 0 fully saturated rings. The van der Waals surface area contributed by atoms with Gasteiger partial charge in [-0.2, -0.15) is 5.10 Å². The second-order valence-electron chi connectivity index (χ2n) is 4.87. The maximum Gasteiger partial charge on any atom is 0.161 e. The first-order valence-corrected chi connectivity index (χ1v) is 8.79. The molecule has 21 heavy (non-hydrogen) atoms. The monoisotopic (exact) mass is 436 g/mol. The fourth-order valence-electron chi connectivity index (χ4n) is 1.97. The molecule has 0 radical (unpaired) electrons. The van der Waals surface area contributed by atoms with Crippen molar-refractivity contribution in [2.24, 2.45) is 5.73 Å². The molecule has 2 aromatic heterocycles. The van der Waals surface area contributed by atoms with Crippen LogP contribution in [0.4, 0.5) is 0 Å². The van der Waals surface area contributed by atoms with Crippen molar-refractivity contribution in [3.8, 4) is 5.75 Å². The topological polar surface area (TPSA) is 56.3 Å². The highest BCUT2D eigenvalue weighted by atomic mass is 79.9. The standard InChI is InChI=1S/C13H18Br2N4OS/c1-18(2)4-5-19-12(9(20-3)7-17-19)11(16)10-6-8(14)13(15)21-10/h6-7,11H,4-5,16H2,1-3H3. The normalized spacial score (nSPS) is 12.9. The molecular formula is C13H18Br2N4OS. The number of likely N-dealkylation sites (N-methyl/N-ethyl adjacent to an activating group) is 1. The second-order valence-corrected chi connectivity index (χ2v) is 8.13. The quantitative estimate of drug-likeness (QED) is 0.754. The number of aromatic nitrogens is 2. The van der Waals surface area contributed by atoms with E-state index in [1.807, 2.05) is 24.8 Å². The maximum absolute atomic E-state index is 6.44. The lowest BCUT2D eigenvalue weighted by Gasteiger charge is -2.16. The Morgan fingerprint density at radius 2 is 2.19 bits per heavy atom. The highest BCUT2D eigenvalue weighted by Crippen LogP contribution is 2.38. The third-order valence-electron chi connectivity index (χ3n) is 3.09. The molecule has 5 nitrogen and oxygen atoms in total. The van der Waals surface area contributed by atoms with E-state index in [9.17, 15) is 0 Å². The molecule has 1 atom stereocenters. The van der Waals surface area contributed by atoms with E-state index in [1.54, 1.807) is 24.6 Å². The van der Waals surface area contributed by atoms with E-state index in [2.05, 4.69) is 41.9 Å². The molecule has 116 valence electrons. The van der Waals surface area contributed by atoms with Crippen LogP contribution in [0.5, 0.6) is 5.75 Å². The van der Waals surface area contributed by atoms with E-state index >= 15 is 0 Å². The number of hydrogen-bond donors (Lipinski definition) is 1. The Kier molecular flexibility index (Phi) is 5.84. The molecule has 0 aliphatic heterocycles. The van der Waals surface area contributed by atoms with Crippen molar-refractivity contribution >= 4 is 43.2 Å². The Morgan fingerprint density at radius 1 is 1.48 bits per heavy atom. The molecule has 0 aromatic carbocycles. The van der Waals surface area contributed by atoms with Gasteiger partial charge >= 0.3 is 0 Å². The smallest absolute Gasteiger partial charge is 0.161 e. The predicted molar refractivity (Wildman–Crippen MR) is 93.1 cm³/mol. The molecule has 1 unspecified atom stereocenters. The first kappa shape index (κ1) is 17.0. The van der Waals surface area contributed by atoms with Crippen LogP contribution in [0, 0.1) is 0 Å². The van der Waals surface area contributed by atoms with Crippen molar-refractivity contribution in [2.75, 3.05) is 27.7 Å². The Hall–Kier alpha value is -0.410. The summed E-state index contributed by atoms with van der Waals surface area (Å²) in [7, 11) is 5.71. The van der Waals surface area contributed by atoms with Crippen LogP contribution in [0.2, 0.25) is 0 Å². The van der Waals surface area contributed by atoms with Crippen LogP contribution in [0.3, 0.4) is 0 Å². The SMILES string of the molecule is COc1cnn(CCN(C)C)c1C(N)c1cc(Br)c(Br)s1. The van der Waals surface area contributed by atoms with Gasteiger partial charge in [0.1, 0.15) is 5.69 Å².